The van der Waals surface area contributed by atoms with Crippen LogP contribution >= 0.6 is 0 Å². The Labute approximate surface area is 99.6 Å². The van der Waals surface area contributed by atoms with Gasteiger partial charge in [0.25, 0.3) is 0 Å². The van der Waals surface area contributed by atoms with Crippen LogP contribution in [0.5, 0.6) is 0 Å². The first-order valence-corrected chi connectivity index (χ1v) is 6.08. The van der Waals surface area contributed by atoms with Crippen molar-refractivity contribution in [3.8, 4) is 0 Å². The predicted molar refractivity (Wildman–Crippen MR) is 62.3 cm³/mol. The van der Waals surface area contributed by atoms with Crippen molar-refractivity contribution in [2.75, 3.05) is 13.1 Å². The Morgan fingerprint density at radius 3 is 2.88 bits per heavy atom. The standard InChI is InChI=1S/C13H14N3O/c1-8-2-4-9(5-3-8)13-12-10-7-16(13)17-11(12)6-14-15-10/h2-5,10-12H,6-7H2,1H3/q+1. The number of hydroxylamine groups is 1. The lowest BCUT2D eigenvalue weighted by Crippen LogP contribution is -2.41. The molecule has 3 aliphatic rings. The van der Waals surface area contributed by atoms with Gasteiger partial charge in [-0.3, -0.25) is 4.84 Å². The van der Waals surface area contributed by atoms with E-state index in [0.717, 1.165) is 6.54 Å². The molecule has 3 unspecified atom stereocenters. The minimum Gasteiger partial charge on any atom is -0.270 e. The van der Waals surface area contributed by atoms with Gasteiger partial charge in [0, 0.05) is 5.56 Å². The smallest absolute Gasteiger partial charge is 0.244 e. The summed E-state index contributed by atoms with van der Waals surface area (Å²) in [7, 11) is 0. The van der Waals surface area contributed by atoms with Gasteiger partial charge in [-0.15, -0.1) is 0 Å². The summed E-state index contributed by atoms with van der Waals surface area (Å²) in [6.45, 7) is 3.67. The molecular formula is C13H14N3O+. The summed E-state index contributed by atoms with van der Waals surface area (Å²) in [5.74, 6) is 0.412. The van der Waals surface area contributed by atoms with Crippen LogP contribution in [0.25, 0.3) is 0 Å². The second kappa shape index (κ2) is 3.15. The maximum Gasteiger partial charge on any atom is 0.244 e. The van der Waals surface area contributed by atoms with Crippen molar-refractivity contribution in [3.05, 3.63) is 35.4 Å². The predicted octanol–water partition coefficient (Wildman–Crippen LogP) is 1.57. The number of hydrogen-bond acceptors (Lipinski definition) is 3. The Hall–Kier alpha value is -1.71. The normalized spacial score (nSPS) is 33.1. The molecule has 0 aromatic heterocycles. The van der Waals surface area contributed by atoms with Crippen molar-refractivity contribution >= 4 is 5.71 Å². The molecule has 4 nitrogen and oxygen atoms in total. The fourth-order valence-electron chi connectivity index (χ4n) is 3.03. The third kappa shape index (κ3) is 1.21. The van der Waals surface area contributed by atoms with E-state index in [1.807, 2.05) is 4.74 Å². The minimum atomic E-state index is 0.211. The summed E-state index contributed by atoms with van der Waals surface area (Å²) in [5, 5.41) is 8.49. The topological polar surface area (TPSA) is 37.0 Å². The second-order valence-corrected chi connectivity index (χ2v) is 4.99. The molecule has 0 saturated carbocycles. The zero-order valence-electron chi connectivity index (χ0n) is 9.71. The van der Waals surface area contributed by atoms with Crippen LogP contribution in [-0.2, 0) is 4.84 Å². The molecule has 3 heterocycles. The monoisotopic (exact) mass is 228 g/mol. The molecule has 1 aromatic rings. The molecule has 17 heavy (non-hydrogen) atoms. The van der Waals surface area contributed by atoms with E-state index in [4.69, 9.17) is 4.84 Å². The van der Waals surface area contributed by atoms with Crippen LogP contribution in [-0.4, -0.2) is 35.7 Å². The number of aryl methyl sites for hydroxylation is 1. The highest BCUT2D eigenvalue weighted by Gasteiger charge is 2.58. The Morgan fingerprint density at radius 1 is 1.29 bits per heavy atom. The molecule has 86 valence electrons. The molecule has 0 radical (unpaired) electrons. The van der Waals surface area contributed by atoms with Gasteiger partial charge >= 0.3 is 0 Å². The summed E-state index contributed by atoms with van der Waals surface area (Å²) in [4.78, 5) is 5.87. The van der Waals surface area contributed by atoms with Gasteiger partial charge in [0.1, 0.15) is 12.5 Å². The molecule has 4 rings (SSSR count). The summed E-state index contributed by atoms with van der Waals surface area (Å²) in [5.41, 5.74) is 3.86. The zero-order valence-corrected chi connectivity index (χ0v) is 9.71. The summed E-state index contributed by atoms with van der Waals surface area (Å²) >= 11 is 0. The van der Waals surface area contributed by atoms with Crippen molar-refractivity contribution in [2.45, 2.75) is 19.1 Å². The zero-order chi connectivity index (χ0) is 11.4. The largest absolute Gasteiger partial charge is 0.270 e. The quantitative estimate of drug-likeness (QED) is 0.672. The van der Waals surface area contributed by atoms with E-state index in [9.17, 15) is 0 Å². The van der Waals surface area contributed by atoms with Gasteiger partial charge in [-0.1, -0.05) is 17.7 Å². The first-order chi connectivity index (χ1) is 8.33. The molecule has 0 N–H and O–H groups in total. The molecule has 3 aliphatic heterocycles. The molecule has 0 fully saturated rings. The Morgan fingerprint density at radius 2 is 2.12 bits per heavy atom. The van der Waals surface area contributed by atoms with Crippen LogP contribution < -0.4 is 0 Å². The van der Waals surface area contributed by atoms with E-state index in [1.165, 1.54) is 16.8 Å². The molecule has 2 bridgehead atoms. The maximum absolute atomic E-state index is 5.87. The van der Waals surface area contributed by atoms with Gasteiger partial charge in [-0.2, -0.15) is 10.2 Å². The van der Waals surface area contributed by atoms with E-state index in [0.29, 0.717) is 18.5 Å². The van der Waals surface area contributed by atoms with E-state index in [2.05, 4.69) is 41.4 Å². The third-order valence-corrected chi connectivity index (χ3v) is 3.85. The first-order valence-electron chi connectivity index (χ1n) is 6.08. The molecular weight excluding hydrogens is 214 g/mol. The van der Waals surface area contributed by atoms with Crippen LogP contribution in [0.2, 0.25) is 0 Å². The summed E-state index contributed by atoms with van der Waals surface area (Å²) in [6, 6.07) is 8.96. The highest BCUT2D eigenvalue weighted by molar-refractivity contribution is 6.00. The van der Waals surface area contributed by atoms with Crippen LogP contribution in [0, 0.1) is 12.8 Å². The molecule has 1 aromatic carbocycles. The third-order valence-electron chi connectivity index (χ3n) is 3.85. The van der Waals surface area contributed by atoms with E-state index >= 15 is 0 Å². The lowest BCUT2D eigenvalue weighted by Gasteiger charge is -2.22. The fourth-order valence-corrected chi connectivity index (χ4v) is 3.03. The number of rotatable bonds is 1. The average Bonchev–Trinajstić information content (AvgIpc) is 2.85. The maximum atomic E-state index is 5.87. The lowest BCUT2D eigenvalue weighted by atomic mass is 9.87. The van der Waals surface area contributed by atoms with Crippen LogP contribution in [0.3, 0.4) is 0 Å². The number of nitrogens with zero attached hydrogens (tertiary/aromatic N) is 3. The van der Waals surface area contributed by atoms with Gasteiger partial charge < -0.3 is 0 Å². The van der Waals surface area contributed by atoms with E-state index < -0.39 is 0 Å². The molecule has 0 aliphatic carbocycles. The molecule has 4 heteroatoms. The van der Waals surface area contributed by atoms with Crippen LogP contribution in [0.15, 0.2) is 34.5 Å². The van der Waals surface area contributed by atoms with E-state index in [1.54, 1.807) is 0 Å². The number of benzene rings is 1. The number of azo groups is 1. The first kappa shape index (κ1) is 9.33. The van der Waals surface area contributed by atoms with Crippen LogP contribution in [0.1, 0.15) is 11.1 Å². The summed E-state index contributed by atoms with van der Waals surface area (Å²) < 4.78 is 2.03. The van der Waals surface area contributed by atoms with Crippen molar-refractivity contribution < 1.29 is 9.58 Å². The van der Waals surface area contributed by atoms with Gasteiger partial charge in [0.05, 0.1) is 0 Å². The minimum absolute atomic E-state index is 0.211. The highest BCUT2D eigenvalue weighted by atomic mass is 16.7. The Kier molecular flexibility index (Phi) is 1.73. The van der Waals surface area contributed by atoms with Gasteiger partial charge in [-0.25, -0.2) is 0 Å². The Balaban J connectivity index is 1.79. The van der Waals surface area contributed by atoms with Gasteiger partial charge in [0.2, 0.25) is 18.4 Å². The highest BCUT2D eigenvalue weighted by Crippen LogP contribution is 2.36. The average molecular weight is 228 g/mol. The van der Waals surface area contributed by atoms with Gasteiger partial charge in [-0.05, 0) is 23.8 Å². The fraction of sp³-hybridized carbons (Fsp3) is 0.462. The summed E-state index contributed by atoms with van der Waals surface area (Å²) in [6.07, 6.45) is 0.211. The SMILES string of the molecule is Cc1ccc(C2=[N+]3CC4N=NCC(O3)C24)cc1. The Bertz CT molecular complexity index is 532. The van der Waals surface area contributed by atoms with Crippen molar-refractivity contribution in [2.24, 2.45) is 16.1 Å². The van der Waals surface area contributed by atoms with Crippen LogP contribution in [0.4, 0.5) is 0 Å². The molecule has 0 amide bonds. The van der Waals surface area contributed by atoms with Crippen molar-refractivity contribution in [3.63, 3.8) is 0 Å². The number of hydrogen-bond donors (Lipinski definition) is 0. The lowest BCUT2D eigenvalue weighted by molar-refractivity contribution is -0.791. The molecule has 0 saturated heterocycles. The van der Waals surface area contributed by atoms with Crippen molar-refractivity contribution in [1.82, 2.24) is 0 Å². The van der Waals surface area contributed by atoms with Crippen molar-refractivity contribution in [1.29, 1.82) is 0 Å². The van der Waals surface area contributed by atoms with Gasteiger partial charge in [0.15, 0.2) is 6.04 Å². The van der Waals surface area contributed by atoms with E-state index in [-0.39, 0.29) is 6.10 Å². The second-order valence-electron chi connectivity index (χ2n) is 4.99. The molecule has 3 atom stereocenters. The molecule has 0 spiro atoms.